The maximum absolute atomic E-state index is 12.7. The molecule has 2 nitrogen and oxygen atoms in total. The average Bonchev–Trinajstić information content (AvgIpc) is 2.64. The maximum Gasteiger partial charge on any atom is 0.163 e. The van der Waals surface area contributed by atoms with Gasteiger partial charge < -0.3 is 4.74 Å². The van der Waals surface area contributed by atoms with E-state index in [1.165, 1.54) is 0 Å². The van der Waals surface area contributed by atoms with Crippen molar-refractivity contribution >= 4 is 28.2 Å². The van der Waals surface area contributed by atoms with Gasteiger partial charge in [0.2, 0.25) is 0 Å². The number of ketones is 1. The number of halogens is 1. The van der Waals surface area contributed by atoms with Gasteiger partial charge >= 0.3 is 0 Å². The van der Waals surface area contributed by atoms with Gasteiger partial charge in [-0.15, -0.1) is 0 Å². The van der Waals surface area contributed by atoms with Gasteiger partial charge in [0, 0.05) is 5.02 Å². The summed E-state index contributed by atoms with van der Waals surface area (Å²) in [6.07, 6.45) is 0.197. The van der Waals surface area contributed by atoms with E-state index in [4.69, 9.17) is 16.3 Å². The predicted molar refractivity (Wildman–Crippen MR) is 118 cm³/mol. The largest absolute Gasteiger partial charge is 0.360 e. The molecule has 0 fully saturated rings. The third-order valence-corrected chi connectivity index (χ3v) is 5.04. The standard InChI is InChI=1S/C25H27ClO2/c1-6-17-15-19-9-7-8-10-21(19)22(18-11-13-20(26)14-12-18)23(17)24(16(2)27)28-25(3,4)5/h7-15,24H,6H2,1-5H3/t24-/m1/s1. The number of hydrogen-bond donors (Lipinski definition) is 0. The van der Waals surface area contributed by atoms with Gasteiger partial charge in [0.05, 0.1) is 5.60 Å². The fourth-order valence-corrected chi connectivity index (χ4v) is 3.77. The monoisotopic (exact) mass is 394 g/mol. The Kier molecular flexibility index (Phi) is 5.92. The smallest absolute Gasteiger partial charge is 0.163 e. The second-order valence-corrected chi connectivity index (χ2v) is 8.56. The normalized spacial score (nSPS) is 12.9. The lowest BCUT2D eigenvalue weighted by atomic mass is 9.85. The molecule has 3 heteroatoms. The minimum Gasteiger partial charge on any atom is -0.360 e. The van der Waals surface area contributed by atoms with Crippen molar-refractivity contribution in [3.8, 4) is 11.1 Å². The van der Waals surface area contributed by atoms with Crippen LogP contribution in [0.3, 0.4) is 0 Å². The van der Waals surface area contributed by atoms with Crippen molar-refractivity contribution in [2.45, 2.75) is 52.7 Å². The first kappa shape index (κ1) is 20.6. The molecule has 3 aromatic carbocycles. The van der Waals surface area contributed by atoms with Crippen molar-refractivity contribution in [3.63, 3.8) is 0 Å². The zero-order chi connectivity index (χ0) is 20.5. The second kappa shape index (κ2) is 8.06. The van der Waals surface area contributed by atoms with Gasteiger partial charge in [-0.25, -0.2) is 0 Å². The molecule has 0 spiro atoms. The number of carbonyl (C=O) groups excluding carboxylic acids is 1. The van der Waals surface area contributed by atoms with E-state index in [-0.39, 0.29) is 5.78 Å². The Hall–Kier alpha value is -2.16. The summed E-state index contributed by atoms with van der Waals surface area (Å²) >= 11 is 6.14. The predicted octanol–water partition coefficient (Wildman–Crippen LogP) is 7.17. The van der Waals surface area contributed by atoms with Gasteiger partial charge in [-0.1, -0.05) is 61.0 Å². The molecule has 3 rings (SSSR count). The van der Waals surface area contributed by atoms with Gasteiger partial charge in [0.1, 0.15) is 6.10 Å². The van der Waals surface area contributed by atoms with E-state index < -0.39 is 11.7 Å². The zero-order valence-corrected chi connectivity index (χ0v) is 17.9. The molecule has 0 N–H and O–H groups in total. The fraction of sp³-hybridized carbons (Fsp3) is 0.320. The van der Waals surface area contributed by atoms with E-state index in [9.17, 15) is 4.79 Å². The minimum atomic E-state index is -0.620. The van der Waals surface area contributed by atoms with Crippen molar-refractivity contribution in [2.24, 2.45) is 0 Å². The van der Waals surface area contributed by atoms with Crippen molar-refractivity contribution < 1.29 is 9.53 Å². The van der Waals surface area contributed by atoms with Crippen molar-refractivity contribution in [1.82, 2.24) is 0 Å². The van der Waals surface area contributed by atoms with E-state index >= 15 is 0 Å². The Balaban J connectivity index is 2.40. The van der Waals surface area contributed by atoms with Gasteiger partial charge in [-0.3, -0.25) is 4.79 Å². The van der Waals surface area contributed by atoms with Crippen LogP contribution in [0.1, 0.15) is 51.8 Å². The first-order valence-electron chi connectivity index (χ1n) is 9.70. The van der Waals surface area contributed by atoms with Crippen LogP contribution in [0, 0.1) is 0 Å². The maximum atomic E-state index is 12.7. The summed E-state index contributed by atoms with van der Waals surface area (Å²) in [5.41, 5.74) is 3.74. The lowest BCUT2D eigenvalue weighted by Crippen LogP contribution is -2.27. The number of Topliss-reactive ketones (excluding diaryl/α,β-unsaturated/α-hetero) is 1. The second-order valence-electron chi connectivity index (χ2n) is 8.13. The lowest BCUT2D eigenvalue weighted by Gasteiger charge is -2.30. The Labute approximate surface area is 172 Å². The van der Waals surface area contributed by atoms with Gasteiger partial charge in [-0.05, 0) is 79.3 Å². The first-order valence-corrected chi connectivity index (χ1v) is 10.1. The number of aryl methyl sites for hydroxylation is 1. The Bertz CT molecular complexity index is 997. The molecule has 0 aliphatic carbocycles. The molecule has 3 aromatic rings. The number of benzene rings is 3. The summed E-state index contributed by atoms with van der Waals surface area (Å²) in [7, 11) is 0. The highest BCUT2D eigenvalue weighted by Crippen LogP contribution is 2.41. The summed E-state index contributed by atoms with van der Waals surface area (Å²) in [6, 6.07) is 18.3. The number of fused-ring (bicyclic) bond motifs is 1. The summed E-state index contributed by atoms with van der Waals surface area (Å²) < 4.78 is 6.29. The number of hydrogen-bond acceptors (Lipinski definition) is 2. The first-order chi connectivity index (χ1) is 13.2. The topological polar surface area (TPSA) is 26.3 Å². The molecule has 0 bridgehead atoms. The Morgan fingerprint density at radius 2 is 1.71 bits per heavy atom. The van der Waals surface area contributed by atoms with Crippen LogP contribution in [0.5, 0.6) is 0 Å². The number of ether oxygens (including phenoxy) is 1. The van der Waals surface area contributed by atoms with Crippen LogP contribution in [0.25, 0.3) is 21.9 Å². The molecule has 0 amide bonds. The van der Waals surface area contributed by atoms with Gasteiger partial charge in [0.15, 0.2) is 5.78 Å². The van der Waals surface area contributed by atoms with Gasteiger partial charge in [-0.2, -0.15) is 0 Å². The van der Waals surface area contributed by atoms with Crippen molar-refractivity contribution in [3.05, 3.63) is 70.7 Å². The summed E-state index contributed by atoms with van der Waals surface area (Å²) in [5.74, 6) is 0.00937. The van der Waals surface area contributed by atoms with Crippen molar-refractivity contribution in [2.75, 3.05) is 0 Å². The number of rotatable bonds is 5. The van der Waals surface area contributed by atoms with Crippen LogP contribution in [0.4, 0.5) is 0 Å². The molecular formula is C25H27ClO2. The number of carbonyl (C=O) groups is 1. The SMILES string of the molecule is CCc1cc2ccccc2c(-c2ccc(Cl)cc2)c1[C@H](OC(C)(C)C)C(C)=O. The molecule has 0 radical (unpaired) electrons. The minimum absolute atomic E-state index is 0.00937. The highest BCUT2D eigenvalue weighted by Gasteiger charge is 2.29. The highest BCUT2D eigenvalue weighted by molar-refractivity contribution is 6.30. The molecule has 0 saturated heterocycles. The Morgan fingerprint density at radius 1 is 1.07 bits per heavy atom. The van der Waals surface area contributed by atoms with Crippen LogP contribution in [-0.4, -0.2) is 11.4 Å². The van der Waals surface area contributed by atoms with Crippen LogP contribution in [0.2, 0.25) is 5.02 Å². The summed E-state index contributed by atoms with van der Waals surface area (Å²) in [6.45, 7) is 9.68. The van der Waals surface area contributed by atoms with E-state index in [0.29, 0.717) is 5.02 Å². The highest BCUT2D eigenvalue weighted by atomic mass is 35.5. The zero-order valence-electron chi connectivity index (χ0n) is 17.2. The van der Waals surface area contributed by atoms with E-state index in [1.807, 2.05) is 57.2 Å². The summed E-state index contributed by atoms with van der Waals surface area (Å²) in [4.78, 5) is 12.7. The van der Waals surface area contributed by atoms with Crippen LogP contribution >= 0.6 is 11.6 Å². The lowest BCUT2D eigenvalue weighted by molar-refractivity contribution is -0.138. The molecule has 0 saturated carbocycles. The van der Waals surface area contributed by atoms with Crippen LogP contribution in [-0.2, 0) is 16.0 Å². The molecule has 28 heavy (non-hydrogen) atoms. The van der Waals surface area contributed by atoms with E-state index in [2.05, 4.69) is 25.1 Å². The molecule has 0 aromatic heterocycles. The van der Waals surface area contributed by atoms with Crippen molar-refractivity contribution in [1.29, 1.82) is 0 Å². The molecule has 1 atom stereocenters. The quantitative estimate of drug-likeness (QED) is 0.458. The fourth-order valence-electron chi connectivity index (χ4n) is 3.64. The summed E-state index contributed by atoms with van der Waals surface area (Å²) in [5, 5.41) is 2.96. The van der Waals surface area contributed by atoms with E-state index in [0.717, 1.165) is 39.4 Å². The Morgan fingerprint density at radius 3 is 2.29 bits per heavy atom. The van der Waals surface area contributed by atoms with E-state index in [1.54, 1.807) is 6.92 Å². The third-order valence-electron chi connectivity index (χ3n) is 4.79. The van der Waals surface area contributed by atoms with Gasteiger partial charge in [0.25, 0.3) is 0 Å². The van der Waals surface area contributed by atoms with Crippen LogP contribution < -0.4 is 0 Å². The third kappa shape index (κ3) is 4.29. The molecule has 146 valence electrons. The van der Waals surface area contributed by atoms with Crippen LogP contribution in [0.15, 0.2) is 54.6 Å². The molecule has 0 aliphatic rings. The average molecular weight is 395 g/mol. The molecule has 0 heterocycles. The molecule has 0 aliphatic heterocycles. The molecular weight excluding hydrogens is 368 g/mol. The molecule has 0 unspecified atom stereocenters.